The Morgan fingerprint density at radius 2 is 1.68 bits per heavy atom. The third-order valence-corrected chi connectivity index (χ3v) is 3.94. The van der Waals surface area contributed by atoms with E-state index in [9.17, 15) is 9.59 Å². The molecule has 1 aliphatic rings. The van der Waals surface area contributed by atoms with Crippen molar-refractivity contribution in [1.82, 2.24) is 9.80 Å². The summed E-state index contributed by atoms with van der Waals surface area (Å²) in [7, 11) is 0. The molecule has 1 heterocycles. The van der Waals surface area contributed by atoms with Gasteiger partial charge in [-0.25, -0.2) is 0 Å². The molecule has 1 aromatic rings. The maximum atomic E-state index is 12.3. The number of amides is 2. The SMILES string of the molecule is Cc1ccccc1CC(=O)N1CCN(C(=O)[C@H](C)N)CC1.Cl. The van der Waals surface area contributed by atoms with Gasteiger partial charge >= 0.3 is 0 Å². The molecule has 1 saturated heterocycles. The van der Waals surface area contributed by atoms with Crippen LogP contribution in [-0.2, 0) is 16.0 Å². The first kappa shape index (κ1) is 18.5. The average molecular weight is 326 g/mol. The van der Waals surface area contributed by atoms with E-state index in [4.69, 9.17) is 5.73 Å². The van der Waals surface area contributed by atoms with Gasteiger partial charge in [-0.05, 0) is 25.0 Å². The molecule has 0 unspecified atom stereocenters. The van der Waals surface area contributed by atoms with Gasteiger partial charge in [-0.2, -0.15) is 0 Å². The molecule has 0 aromatic heterocycles. The fourth-order valence-corrected chi connectivity index (χ4v) is 2.55. The molecule has 0 saturated carbocycles. The number of halogens is 1. The number of hydrogen-bond donors (Lipinski definition) is 1. The van der Waals surface area contributed by atoms with Crippen LogP contribution in [-0.4, -0.2) is 53.8 Å². The molecular weight excluding hydrogens is 302 g/mol. The van der Waals surface area contributed by atoms with Gasteiger partial charge < -0.3 is 15.5 Å². The summed E-state index contributed by atoms with van der Waals surface area (Å²) >= 11 is 0. The first-order valence-electron chi connectivity index (χ1n) is 7.35. The highest BCUT2D eigenvalue weighted by molar-refractivity contribution is 5.85. The highest BCUT2D eigenvalue weighted by atomic mass is 35.5. The maximum absolute atomic E-state index is 12.3. The van der Waals surface area contributed by atoms with Crippen LogP contribution in [0.3, 0.4) is 0 Å². The smallest absolute Gasteiger partial charge is 0.239 e. The fraction of sp³-hybridized carbons (Fsp3) is 0.500. The van der Waals surface area contributed by atoms with Gasteiger partial charge in [0, 0.05) is 26.2 Å². The van der Waals surface area contributed by atoms with E-state index in [2.05, 4.69) is 0 Å². The van der Waals surface area contributed by atoms with Crippen LogP contribution in [0.1, 0.15) is 18.1 Å². The molecule has 6 heteroatoms. The van der Waals surface area contributed by atoms with Crippen molar-refractivity contribution in [3.05, 3.63) is 35.4 Å². The number of hydrogen-bond acceptors (Lipinski definition) is 3. The lowest BCUT2D eigenvalue weighted by atomic mass is 10.1. The number of nitrogens with two attached hydrogens (primary N) is 1. The van der Waals surface area contributed by atoms with E-state index < -0.39 is 6.04 Å². The predicted octanol–water partition coefficient (Wildman–Crippen LogP) is 0.977. The van der Waals surface area contributed by atoms with Gasteiger partial charge in [0.05, 0.1) is 12.5 Å². The van der Waals surface area contributed by atoms with Crippen LogP contribution in [0.5, 0.6) is 0 Å². The number of carbonyl (C=O) groups is 2. The van der Waals surface area contributed by atoms with E-state index in [1.807, 2.05) is 36.1 Å². The van der Waals surface area contributed by atoms with E-state index in [-0.39, 0.29) is 24.2 Å². The minimum absolute atomic E-state index is 0. The first-order chi connectivity index (χ1) is 9.99. The number of benzene rings is 1. The molecule has 0 radical (unpaired) electrons. The van der Waals surface area contributed by atoms with Gasteiger partial charge in [-0.3, -0.25) is 9.59 Å². The van der Waals surface area contributed by atoms with E-state index in [0.717, 1.165) is 11.1 Å². The highest BCUT2D eigenvalue weighted by Gasteiger charge is 2.25. The summed E-state index contributed by atoms with van der Waals surface area (Å²) in [5.74, 6) is 0.0817. The van der Waals surface area contributed by atoms with Gasteiger partial charge in [0.2, 0.25) is 11.8 Å². The Bertz CT molecular complexity index is 526. The first-order valence-corrected chi connectivity index (χ1v) is 7.35. The van der Waals surface area contributed by atoms with Crippen LogP contribution in [0.25, 0.3) is 0 Å². The second kappa shape index (κ2) is 8.15. The van der Waals surface area contributed by atoms with Gasteiger partial charge in [-0.15, -0.1) is 12.4 Å². The zero-order valence-electron chi connectivity index (χ0n) is 13.1. The lowest BCUT2D eigenvalue weighted by Gasteiger charge is -2.35. The molecule has 2 rings (SSSR count). The Hall–Kier alpha value is -1.59. The van der Waals surface area contributed by atoms with Crippen LogP contribution in [0.15, 0.2) is 24.3 Å². The molecule has 1 fully saturated rings. The van der Waals surface area contributed by atoms with Crippen molar-refractivity contribution in [1.29, 1.82) is 0 Å². The van der Waals surface area contributed by atoms with Gasteiger partial charge in [0.25, 0.3) is 0 Å². The Morgan fingerprint density at radius 3 is 2.23 bits per heavy atom. The third-order valence-electron chi connectivity index (χ3n) is 3.94. The number of aryl methyl sites for hydroxylation is 1. The minimum Gasteiger partial charge on any atom is -0.339 e. The standard InChI is InChI=1S/C16H23N3O2.ClH/c1-12-5-3-4-6-14(12)11-15(20)18-7-9-19(10-8-18)16(21)13(2)17;/h3-6,13H,7-11,17H2,1-2H3;1H/t13-;/m0./s1. The summed E-state index contributed by atoms with van der Waals surface area (Å²) in [5.41, 5.74) is 7.81. The molecule has 2 N–H and O–H groups in total. The van der Waals surface area contributed by atoms with Crippen molar-refractivity contribution in [3.63, 3.8) is 0 Å². The lowest BCUT2D eigenvalue weighted by Crippen LogP contribution is -2.54. The summed E-state index contributed by atoms with van der Waals surface area (Å²) in [5, 5.41) is 0. The van der Waals surface area contributed by atoms with Gasteiger partial charge in [0.1, 0.15) is 0 Å². The molecule has 0 aliphatic carbocycles. The lowest BCUT2D eigenvalue weighted by molar-refractivity contribution is -0.139. The largest absolute Gasteiger partial charge is 0.339 e. The van der Waals surface area contributed by atoms with Crippen molar-refractivity contribution in [2.75, 3.05) is 26.2 Å². The second-order valence-corrected chi connectivity index (χ2v) is 5.60. The van der Waals surface area contributed by atoms with Crippen molar-refractivity contribution in [2.45, 2.75) is 26.3 Å². The summed E-state index contributed by atoms with van der Waals surface area (Å²) in [6.45, 7) is 6.02. The quantitative estimate of drug-likeness (QED) is 0.900. The van der Waals surface area contributed by atoms with Crippen LogP contribution >= 0.6 is 12.4 Å². The molecule has 1 aliphatic heterocycles. The van der Waals surface area contributed by atoms with Crippen molar-refractivity contribution in [3.8, 4) is 0 Å². The molecule has 1 aromatic carbocycles. The molecule has 0 spiro atoms. The number of nitrogens with zero attached hydrogens (tertiary/aromatic N) is 2. The van der Waals surface area contributed by atoms with Gasteiger partial charge in [-0.1, -0.05) is 24.3 Å². The summed E-state index contributed by atoms with van der Waals surface area (Å²) in [4.78, 5) is 27.7. The zero-order valence-corrected chi connectivity index (χ0v) is 13.9. The molecule has 1 atom stereocenters. The molecule has 5 nitrogen and oxygen atoms in total. The zero-order chi connectivity index (χ0) is 15.4. The maximum Gasteiger partial charge on any atom is 0.239 e. The topological polar surface area (TPSA) is 66.6 Å². The van der Waals surface area contributed by atoms with Gasteiger partial charge in [0.15, 0.2) is 0 Å². The molecular formula is C16H24ClN3O2. The Balaban J connectivity index is 0.00000242. The Labute approximate surface area is 137 Å². The molecule has 122 valence electrons. The molecule has 22 heavy (non-hydrogen) atoms. The van der Waals surface area contributed by atoms with Crippen molar-refractivity contribution in [2.24, 2.45) is 5.73 Å². The summed E-state index contributed by atoms with van der Waals surface area (Å²) in [6, 6.07) is 7.46. The van der Waals surface area contributed by atoms with E-state index in [1.54, 1.807) is 11.8 Å². The van der Waals surface area contributed by atoms with Crippen molar-refractivity contribution < 1.29 is 9.59 Å². The minimum atomic E-state index is -0.473. The highest BCUT2D eigenvalue weighted by Crippen LogP contribution is 2.11. The van der Waals surface area contributed by atoms with Crippen LogP contribution in [0.2, 0.25) is 0 Å². The number of piperazine rings is 1. The predicted molar refractivity (Wildman–Crippen MR) is 88.9 cm³/mol. The Kier molecular flexibility index (Phi) is 6.84. The van der Waals surface area contributed by atoms with E-state index >= 15 is 0 Å². The third kappa shape index (κ3) is 4.45. The van der Waals surface area contributed by atoms with Crippen LogP contribution in [0, 0.1) is 6.92 Å². The van der Waals surface area contributed by atoms with Crippen LogP contribution in [0.4, 0.5) is 0 Å². The monoisotopic (exact) mass is 325 g/mol. The van der Waals surface area contributed by atoms with Crippen LogP contribution < -0.4 is 5.73 Å². The van der Waals surface area contributed by atoms with E-state index in [1.165, 1.54) is 0 Å². The van der Waals surface area contributed by atoms with E-state index in [0.29, 0.717) is 32.6 Å². The molecule has 2 amide bonds. The average Bonchev–Trinajstić information content (AvgIpc) is 2.49. The second-order valence-electron chi connectivity index (χ2n) is 5.60. The molecule has 0 bridgehead atoms. The normalized spacial score (nSPS) is 16.0. The number of carbonyl (C=O) groups excluding carboxylic acids is 2. The van der Waals surface area contributed by atoms with Crippen molar-refractivity contribution >= 4 is 24.2 Å². The fourth-order valence-electron chi connectivity index (χ4n) is 2.55. The summed E-state index contributed by atoms with van der Waals surface area (Å²) in [6.07, 6.45) is 0.425. The number of rotatable bonds is 3. The Morgan fingerprint density at radius 1 is 1.14 bits per heavy atom. The summed E-state index contributed by atoms with van der Waals surface area (Å²) < 4.78 is 0.